The molecule has 6 N–H and O–H groups in total. The quantitative estimate of drug-likeness (QED) is 0.461. The zero-order valence-corrected chi connectivity index (χ0v) is 5.95. The van der Waals surface area contributed by atoms with Crippen molar-refractivity contribution in [2.45, 2.75) is 0 Å². The third kappa shape index (κ3) is 358. The Hall–Kier alpha value is -0.130. The molecule has 62 valence electrons. The van der Waals surface area contributed by atoms with Crippen molar-refractivity contribution >= 4 is 12.4 Å². The van der Waals surface area contributed by atoms with Gasteiger partial charge in [0, 0.05) is 0 Å². The zero-order valence-electron chi connectivity index (χ0n) is 5.13. The minimum atomic E-state index is -0.125. The molecule has 0 aromatic carbocycles. The molecular formula is C4H15ClO4. The number of halogens is 1. The highest BCUT2D eigenvalue weighted by molar-refractivity contribution is 5.85. The molecule has 0 spiro atoms. The van der Waals surface area contributed by atoms with Gasteiger partial charge >= 0.3 is 0 Å². The van der Waals surface area contributed by atoms with Crippen molar-refractivity contribution in [3.63, 3.8) is 0 Å². The summed E-state index contributed by atoms with van der Waals surface area (Å²) >= 11 is 0. The van der Waals surface area contributed by atoms with Crippen LogP contribution in [0.1, 0.15) is 0 Å². The maximum Gasteiger partial charge on any atom is 0.0662 e. The standard InChI is InChI=1S/C2H6O2.C2H4.ClH.2H2O/c3-1-2-4;1-2;;;/h3-4H,1-2H2;1-2H2;1H;2*1H2. The van der Waals surface area contributed by atoms with Gasteiger partial charge in [0.25, 0.3) is 0 Å². The van der Waals surface area contributed by atoms with E-state index in [0.29, 0.717) is 0 Å². The second-order valence-electron chi connectivity index (χ2n) is 0.447. The molecule has 0 heterocycles. The normalized spacial score (nSPS) is 3.78. The van der Waals surface area contributed by atoms with Crippen LogP contribution in [0.5, 0.6) is 0 Å². The van der Waals surface area contributed by atoms with E-state index in [2.05, 4.69) is 13.2 Å². The molecule has 0 rings (SSSR count). The molecule has 0 atom stereocenters. The first-order valence-corrected chi connectivity index (χ1v) is 1.63. The molecule has 5 heteroatoms. The molecule has 0 bridgehead atoms. The van der Waals surface area contributed by atoms with Gasteiger partial charge in [-0.05, 0) is 0 Å². The predicted molar refractivity (Wildman–Crippen MR) is 39.9 cm³/mol. The first kappa shape index (κ1) is 36.7. The highest BCUT2D eigenvalue weighted by Gasteiger charge is 1.58. The molecule has 0 unspecified atom stereocenters. The Kier molecular flexibility index (Phi) is 433. The van der Waals surface area contributed by atoms with Crippen molar-refractivity contribution in [2.75, 3.05) is 13.2 Å². The van der Waals surface area contributed by atoms with Gasteiger partial charge in [-0.15, -0.1) is 25.6 Å². The summed E-state index contributed by atoms with van der Waals surface area (Å²) < 4.78 is 0. The average Bonchev–Trinajstić information content (AvgIpc) is 1.72. The molecule has 0 aromatic rings. The number of hydrogen-bond acceptors (Lipinski definition) is 2. The molecule has 0 saturated heterocycles. The zero-order chi connectivity index (χ0) is 5.41. The van der Waals surface area contributed by atoms with E-state index in [0.717, 1.165) is 0 Å². The Balaban J connectivity index is -0.00000000990. The molecule has 0 fully saturated rings. The Morgan fingerprint density at radius 1 is 0.889 bits per heavy atom. The monoisotopic (exact) mass is 162 g/mol. The highest BCUT2D eigenvalue weighted by Crippen LogP contribution is 1.39. The fourth-order valence-electron chi connectivity index (χ4n) is 0. The van der Waals surface area contributed by atoms with Gasteiger partial charge in [-0.1, -0.05) is 0 Å². The first-order chi connectivity index (χ1) is 2.91. The highest BCUT2D eigenvalue weighted by atomic mass is 35.5. The van der Waals surface area contributed by atoms with Gasteiger partial charge in [0.2, 0.25) is 0 Å². The van der Waals surface area contributed by atoms with E-state index in [1.54, 1.807) is 0 Å². The predicted octanol–water partition coefficient (Wildman–Crippen LogP) is -1.45. The summed E-state index contributed by atoms with van der Waals surface area (Å²) in [7, 11) is 0. The maximum absolute atomic E-state index is 7.62. The minimum Gasteiger partial charge on any atom is -0.412 e. The number of aliphatic hydroxyl groups excluding tert-OH is 2. The topological polar surface area (TPSA) is 103 Å². The summed E-state index contributed by atoms with van der Waals surface area (Å²) in [6.07, 6.45) is 0. The lowest BCUT2D eigenvalue weighted by atomic mass is 10.8. The maximum atomic E-state index is 7.62. The Bertz CT molecular complexity index is 20.0. The summed E-state index contributed by atoms with van der Waals surface area (Å²) in [5, 5.41) is 15.2. The second-order valence-corrected chi connectivity index (χ2v) is 0.447. The van der Waals surface area contributed by atoms with E-state index < -0.39 is 0 Å². The van der Waals surface area contributed by atoms with E-state index in [1.165, 1.54) is 0 Å². The minimum absolute atomic E-state index is 0. The lowest BCUT2D eigenvalue weighted by Crippen LogP contribution is -1.85. The lowest BCUT2D eigenvalue weighted by molar-refractivity contribution is 0.186. The molecule has 0 aliphatic carbocycles. The van der Waals surface area contributed by atoms with Crippen molar-refractivity contribution in [2.24, 2.45) is 0 Å². The molecule has 0 saturated carbocycles. The lowest BCUT2D eigenvalue weighted by Gasteiger charge is -1.70. The van der Waals surface area contributed by atoms with Crippen LogP contribution in [0.2, 0.25) is 0 Å². The molecule has 0 aliphatic heterocycles. The van der Waals surface area contributed by atoms with Crippen molar-refractivity contribution < 1.29 is 21.2 Å². The van der Waals surface area contributed by atoms with Gasteiger partial charge in [-0.3, -0.25) is 0 Å². The fourth-order valence-corrected chi connectivity index (χ4v) is 0. The summed E-state index contributed by atoms with van der Waals surface area (Å²) in [4.78, 5) is 0. The Labute approximate surface area is 60.9 Å². The summed E-state index contributed by atoms with van der Waals surface area (Å²) in [5.74, 6) is 0. The molecule has 4 nitrogen and oxygen atoms in total. The second kappa shape index (κ2) is 106. The van der Waals surface area contributed by atoms with E-state index in [4.69, 9.17) is 10.2 Å². The smallest absolute Gasteiger partial charge is 0.0662 e. The number of aliphatic hydroxyl groups is 2. The van der Waals surface area contributed by atoms with E-state index >= 15 is 0 Å². The van der Waals surface area contributed by atoms with Gasteiger partial charge < -0.3 is 21.2 Å². The van der Waals surface area contributed by atoms with Crippen molar-refractivity contribution in [1.82, 2.24) is 0 Å². The Morgan fingerprint density at radius 3 is 1.00 bits per heavy atom. The van der Waals surface area contributed by atoms with Gasteiger partial charge in [-0.25, -0.2) is 0 Å². The number of hydrogen-bond donors (Lipinski definition) is 2. The van der Waals surface area contributed by atoms with Crippen LogP contribution >= 0.6 is 12.4 Å². The third-order valence-electron chi connectivity index (χ3n) is 0.1000. The summed E-state index contributed by atoms with van der Waals surface area (Å²) in [5.41, 5.74) is 0. The van der Waals surface area contributed by atoms with Crippen molar-refractivity contribution in [3.05, 3.63) is 13.2 Å². The van der Waals surface area contributed by atoms with Crippen LogP contribution in [-0.4, -0.2) is 34.4 Å². The molecule has 0 amide bonds. The van der Waals surface area contributed by atoms with Crippen molar-refractivity contribution in [3.8, 4) is 0 Å². The van der Waals surface area contributed by atoms with Crippen LogP contribution in [0.25, 0.3) is 0 Å². The van der Waals surface area contributed by atoms with Gasteiger partial charge in [0.1, 0.15) is 0 Å². The Morgan fingerprint density at radius 2 is 1.00 bits per heavy atom. The molecule has 0 radical (unpaired) electrons. The van der Waals surface area contributed by atoms with E-state index in [9.17, 15) is 0 Å². The van der Waals surface area contributed by atoms with E-state index in [1.807, 2.05) is 0 Å². The third-order valence-corrected chi connectivity index (χ3v) is 0.1000. The average molecular weight is 163 g/mol. The summed E-state index contributed by atoms with van der Waals surface area (Å²) in [6.45, 7) is 5.75. The molecular weight excluding hydrogens is 147 g/mol. The van der Waals surface area contributed by atoms with Crippen LogP contribution in [0, 0.1) is 0 Å². The van der Waals surface area contributed by atoms with Crippen LogP contribution in [-0.2, 0) is 0 Å². The number of rotatable bonds is 1. The van der Waals surface area contributed by atoms with Gasteiger partial charge in [0.15, 0.2) is 0 Å². The molecule has 0 aromatic heterocycles. The summed E-state index contributed by atoms with van der Waals surface area (Å²) in [6, 6.07) is 0. The van der Waals surface area contributed by atoms with Crippen LogP contribution in [0.15, 0.2) is 13.2 Å². The van der Waals surface area contributed by atoms with Crippen LogP contribution in [0.4, 0.5) is 0 Å². The largest absolute Gasteiger partial charge is 0.412 e. The van der Waals surface area contributed by atoms with Crippen LogP contribution in [0.3, 0.4) is 0 Å². The van der Waals surface area contributed by atoms with Gasteiger partial charge in [-0.2, -0.15) is 0 Å². The van der Waals surface area contributed by atoms with Crippen molar-refractivity contribution in [1.29, 1.82) is 0 Å². The van der Waals surface area contributed by atoms with E-state index in [-0.39, 0.29) is 36.6 Å². The SMILES string of the molecule is C=C.Cl.O.O.OCCO. The molecule has 9 heavy (non-hydrogen) atoms. The van der Waals surface area contributed by atoms with Gasteiger partial charge in [0.05, 0.1) is 13.2 Å². The molecule has 0 aliphatic rings. The first-order valence-electron chi connectivity index (χ1n) is 1.63. The van der Waals surface area contributed by atoms with Crippen LogP contribution < -0.4 is 0 Å². The fraction of sp³-hybridized carbons (Fsp3) is 0.500.